The van der Waals surface area contributed by atoms with Crippen molar-refractivity contribution in [2.75, 3.05) is 7.11 Å². The molecule has 0 unspecified atom stereocenters. The number of unbranched alkanes of at least 4 members (excludes halogenated alkanes) is 2. The Morgan fingerprint density at radius 1 is 1.06 bits per heavy atom. The number of pyridine rings is 1. The molecule has 0 bridgehead atoms. The van der Waals surface area contributed by atoms with Crippen molar-refractivity contribution in [3.05, 3.63) is 78.1 Å². The Kier molecular flexibility index (Phi) is 12.7. The van der Waals surface area contributed by atoms with E-state index in [4.69, 9.17) is 4.74 Å². The summed E-state index contributed by atoms with van der Waals surface area (Å²) in [7, 11) is 1.68. The minimum atomic E-state index is -0.0197. The lowest BCUT2D eigenvalue weighted by Crippen LogP contribution is -2.33. The van der Waals surface area contributed by atoms with Crippen molar-refractivity contribution >= 4 is 11.5 Å². The number of carbonyl (C=O) groups is 1. The molecular formula is C29H40N2O2. The highest BCUT2D eigenvalue weighted by Crippen LogP contribution is 2.24. The highest BCUT2D eigenvalue weighted by atomic mass is 16.5. The molecule has 1 amide bonds. The predicted molar refractivity (Wildman–Crippen MR) is 138 cm³/mol. The maximum absolute atomic E-state index is 12.6. The number of hydrogen-bond donors (Lipinski definition) is 1. The van der Waals surface area contributed by atoms with Crippen LogP contribution in [-0.2, 0) is 11.2 Å². The lowest BCUT2D eigenvalue weighted by atomic mass is 9.99. The maximum atomic E-state index is 12.6. The smallest absolute Gasteiger partial charge is 0.244 e. The zero-order valence-electron chi connectivity index (χ0n) is 20.6. The van der Waals surface area contributed by atoms with Gasteiger partial charge in [0.15, 0.2) is 0 Å². The summed E-state index contributed by atoms with van der Waals surface area (Å²) in [6, 6.07) is 12.4. The SMILES string of the molecule is CCCCC/C(=C\C=C\C(=O)N[C@H](CCC)CCCc1cccnc1)c1ccc(OC)cc1. The molecule has 0 radical (unpaired) electrons. The summed E-state index contributed by atoms with van der Waals surface area (Å²) in [5.74, 6) is 0.834. The summed E-state index contributed by atoms with van der Waals surface area (Å²) < 4.78 is 5.28. The van der Waals surface area contributed by atoms with Crippen molar-refractivity contribution in [2.45, 2.75) is 77.7 Å². The van der Waals surface area contributed by atoms with Crippen molar-refractivity contribution in [3.8, 4) is 5.75 Å². The van der Waals surface area contributed by atoms with Crippen LogP contribution in [0, 0.1) is 0 Å². The van der Waals surface area contributed by atoms with Crippen LogP contribution in [0.1, 0.15) is 76.3 Å². The van der Waals surface area contributed by atoms with Crippen LogP contribution in [0.15, 0.2) is 67.0 Å². The molecule has 0 saturated heterocycles. The number of aromatic nitrogens is 1. The van der Waals surface area contributed by atoms with Crippen LogP contribution in [0.3, 0.4) is 0 Å². The number of aryl methyl sites for hydroxylation is 1. The lowest BCUT2D eigenvalue weighted by molar-refractivity contribution is -0.117. The zero-order valence-corrected chi connectivity index (χ0v) is 20.6. The summed E-state index contributed by atoms with van der Waals surface area (Å²) in [5, 5.41) is 3.20. The second kappa shape index (κ2) is 15.8. The van der Waals surface area contributed by atoms with Gasteiger partial charge in [-0.1, -0.05) is 63.5 Å². The molecular weight excluding hydrogens is 408 g/mol. The first-order valence-electron chi connectivity index (χ1n) is 12.4. The molecule has 0 fully saturated rings. The predicted octanol–water partition coefficient (Wildman–Crippen LogP) is 6.92. The molecule has 0 saturated carbocycles. The Morgan fingerprint density at radius 2 is 1.88 bits per heavy atom. The molecule has 4 nitrogen and oxygen atoms in total. The molecule has 2 rings (SSSR count). The Hall–Kier alpha value is -2.88. The lowest BCUT2D eigenvalue weighted by Gasteiger charge is -2.17. The standard InChI is InChI=1S/C29H40N2O2/c1-4-6-7-14-25(26-18-20-28(33-3)21-19-26)15-9-17-29(32)31-27(11-5-2)16-8-12-24-13-10-22-30-23-24/h9-10,13,15,17-23,27H,4-8,11-12,14,16H2,1-3H3,(H,31,32)/b17-9+,25-15+/t27-/m1/s1. The second-order valence-electron chi connectivity index (χ2n) is 8.48. The van der Waals surface area contributed by atoms with E-state index >= 15 is 0 Å². The molecule has 0 aliphatic heterocycles. The van der Waals surface area contributed by atoms with Crippen LogP contribution in [0.25, 0.3) is 5.57 Å². The molecule has 2 aromatic rings. The number of carbonyl (C=O) groups excluding carboxylic acids is 1. The number of amides is 1. The van der Waals surface area contributed by atoms with Gasteiger partial charge in [-0.2, -0.15) is 0 Å². The van der Waals surface area contributed by atoms with Crippen LogP contribution in [-0.4, -0.2) is 24.0 Å². The molecule has 1 aromatic carbocycles. The fraction of sp³-hybridized carbons (Fsp3) is 0.448. The van der Waals surface area contributed by atoms with Gasteiger partial charge in [0.05, 0.1) is 7.11 Å². The summed E-state index contributed by atoms with van der Waals surface area (Å²) in [5.41, 5.74) is 3.67. The van der Waals surface area contributed by atoms with Gasteiger partial charge in [0.2, 0.25) is 5.91 Å². The molecule has 1 atom stereocenters. The summed E-state index contributed by atoms with van der Waals surface area (Å²) in [6.45, 7) is 4.38. The van der Waals surface area contributed by atoms with Gasteiger partial charge in [-0.15, -0.1) is 0 Å². The number of allylic oxidation sites excluding steroid dienone is 3. The van der Waals surface area contributed by atoms with Crippen LogP contribution in [0.2, 0.25) is 0 Å². The number of hydrogen-bond acceptors (Lipinski definition) is 3. The Balaban J connectivity index is 1.94. The number of methoxy groups -OCH3 is 1. The number of nitrogens with zero attached hydrogens (tertiary/aromatic N) is 1. The van der Waals surface area contributed by atoms with E-state index in [2.05, 4.69) is 48.4 Å². The minimum absolute atomic E-state index is 0.0197. The van der Waals surface area contributed by atoms with Gasteiger partial charge in [0.1, 0.15) is 5.75 Å². The van der Waals surface area contributed by atoms with E-state index < -0.39 is 0 Å². The molecule has 1 N–H and O–H groups in total. The highest BCUT2D eigenvalue weighted by Gasteiger charge is 2.10. The normalized spacial score (nSPS) is 12.6. The van der Waals surface area contributed by atoms with Crippen LogP contribution >= 0.6 is 0 Å². The number of rotatable bonds is 15. The largest absolute Gasteiger partial charge is 0.497 e. The Bertz CT molecular complexity index is 857. The molecule has 1 aromatic heterocycles. The molecule has 0 aliphatic carbocycles. The minimum Gasteiger partial charge on any atom is -0.497 e. The average molecular weight is 449 g/mol. The monoisotopic (exact) mass is 448 g/mol. The Labute approximate surface area is 200 Å². The van der Waals surface area contributed by atoms with Gasteiger partial charge in [-0.05, 0) is 73.4 Å². The third kappa shape index (κ3) is 10.5. The first kappa shape index (κ1) is 26.4. The van der Waals surface area contributed by atoms with E-state index in [1.165, 1.54) is 29.5 Å². The number of nitrogens with one attached hydrogen (secondary N) is 1. The van der Waals surface area contributed by atoms with E-state index in [-0.39, 0.29) is 11.9 Å². The fourth-order valence-corrected chi connectivity index (χ4v) is 3.93. The zero-order chi connectivity index (χ0) is 23.7. The van der Waals surface area contributed by atoms with Gasteiger partial charge < -0.3 is 10.1 Å². The Morgan fingerprint density at radius 3 is 2.55 bits per heavy atom. The van der Waals surface area contributed by atoms with E-state index in [0.29, 0.717) is 0 Å². The van der Waals surface area contributed by atoms with Gasteiger partial charge in [-0.25, -0.2) is 0 Å². The van der Waals surface area contributed by atoms with E-state index in [9.17, 15) is 4.79 Å². The molecule has 4 heteroatoms. The van der Waals surface area contributed by atoms with Gasteiger partial charge in [0, 0.05) is 24.5 Å². The van der Waals surface area contributed by atoms with Crippen molar-refractivity contribution < 1.29 is 9.53 Å². The average Bonchev–Trinajstić information content (AvgIpc) is 2.84. The van der Waals surface area contributed by atoms with Crippen molar-refractivity contribution in [3.63, 3.8) is 0 Å². The van der Waals surface area contributed by atoms with E-state index in [1.54, 1.807) is 19.4 Å². The van der Waals surface area contributed by atoms with Gasteiger partial charge in [-0.3, -0.25) is 9.78 Å². The first-order chi connectivity index (χ1) is 16.2. The summed E-state index contributed by atoms with van der Waals surface area (Å²) >= 11 is 0. The van der Waals surface area contributed by atoms with Crippen molar-refractivity contribution in [1.29, 1.82) is 0 Å². The topological polar surface area (TPSA) is 51.2 Å². The van der Waals surface area contributed by atoms with Gasteiger partial charge >= 0.3 is 0 Å². The van der Waals surface area contributed by atoms with Crippen LogP contribution in [0.5, 0.6) is 5.75 Å². The summed E-state index contributed by atoms with van der Waals surface area (Å²) in [6.07, 6.45) is 18.9. The third-order valence-corrected chi connectivity index (χ3v) is 5.78. The van der Waals surface area contributed by atoms with Crippen LogP contribution in [0.4, 0.5) is 0 Å². The third-order valence-electron chi connectivity index (χ3n) is 5.78. The highest BCUT2D eigenvalue weighted by molar-refractivity contribution is 5.88. The fourth-order valence-electron chi connectivity index (χ4n) is 3.93. The van der Waals surface area contributed by atoms with E-state index in [1.807, 2.05) is 30.5 Å². The van der Waals surface area contributed by atoms with Crippen molar-refractivity contribution in [2.24, 2.45) is 0 Å². The molecule has 0 aliphatic rings. The summed E-state index contributed by atoms with van der Waals surface area (Å²) in [4.78, 5) is 16.7. The molecule has 33 heavy (non-hydrogen) atoms. The molecule has 0 spiro atoms. The maximum Gasteiger partial charge on any atom is 0.244 e. The first-order valence-corrected chi connectivity index (χ1v) is 12.4. The molecule has 1 heterocycles. The van der Waals surface area contributed by atoms with E-state index in [0.717, 1.165) is 50.7 Å². The van der Waals surface area contributed by atoms with Crippen LogP contribution < -0.4 is 10.1 Å². The number of benzene rings is 1. The van der Waals surface area contributed by atoms with Gasteiger partial charge in [0.25, 0.3) is 0 Å². The molecule has 178 valence electrons. The second-order valence-corrected chi connectivity index (χ2v) is 8.48. The quantitative estimate of drug-likeness (QED) is 0.183. The number of ether oxygens (including phenoxy) is 1. The van der Waals surface area contributed by atoms with Crippen molar-refractivity contribution in [1.82, 2.24) is 10.3 Å².